The molecule has 0 amide bonds. The van der Waals surface area contributed by atoms with E-state index in [0.717, 1.165) is 11.1 Å². The molecule has 0 saturated heterocycles. The molecule has 0 unspecified atom stereocenters. The molecule has 1 aromatic rings. The van der Waals surface area contributed by atoms with Gasteiger partial charge in [0.1, 0.15) is 0 Å². The fourth-order valence-electron chi connectivity index (χ4n) is 1.97. The number of hydrogen-bond donors (Lipinski definition) is 2. The Kier molecular flexibility index (Phi) is 7.87. The van der Waals surface area contributed by atoms with Crippen molar-refractivity contribution in [3.63, 3.8) is 0 Å². The van der Waals surface area contributed by atoms with Crippen molar-refractivity contribution >= 4 is 5.97 Å². The number of rotatable bonds is 9. The third-order valence-corrected chi connectivity index (χ3v) is 3.11. The number of benzene rings is 1. The molecule has 20 heavy (non-hydrogen) atoms. The number of methoxy groups -OCH3 is 1. The summed E-state index contributed by atoms with van der Waals surface area (Å²) in [5.41, 5.74) is 2.21. The van der Waals surface area contributed by atoms with Gasteiger partial charge in [0.25, 0.3) is 0 Å². The van der Waals surface area contributed by atoms with Gasteiger partial charge in [0, 0.05) is 26.1 Å². The average Bonchev–Trinajstić information content (AvgIpc) is 2.46. The highest BCUT2D eigenvalue weighted by atomic mass is 16.5. The lowest BCUT2D eigenvalue weighted by molar-refractivity contribution is -0.140. The third-order valence-electron chi connectivity index (χ3n) is 3.11. The van der Waals surface area contributed by atoms with E-state index < -0.39 is 0 Å². The second-order valence-corrected chi connectivity index (χ2v) is 4.62. The maximum Gasteiger partial charge on any atom is 0.305 e. The van der Waals surface area contributed by atoms with Gasteiger partial charge < -0.3 is 14.9 Å². The molecule has 2 N–H and O–H groups in total. The standard InChI is InChI=1S/C15H23NO4/c1-20-15(19)7-6-13-2-4-14(5-3-13)12-16(8-10-17)9-11-18/h2-5,17-18H,6-12H2,1H3. The maximum absolute atomic E-state index is 11.1. The zero-order valence-corrected chi connectivity index (χ0v) is 11.9. The molecule has 0 heterocycles. The van der Waals surface area contributed by atoms with Gasteiger partial charge in [0.05, 0.1) is 20.3 Å². The lowest BCUT2D eigenvalue weighted by Crippen LogP contribution is -2.29. The number of aliphatic hydroxyl groups excluding tert-OH is 2. The quantitative estimate of drug-likeness (QED) is 0.648. The molecule has 0 aliphatic rings. The summed E-state index contributed by atoms with van der Waals surface area (Å²) in [6.45, 7) is 1.95. The Labute approximate surface area is 119 Å². The van der Waals surface area contributed by atoms with Gasteiger partial charge in [-0.25, -0.2) is 0 Å². The summed E-state index contributed by atoms with van der Waals surface area (Å²) in [5, 5.41) is 17.9. The van der Waals surface area contributed by atoms with Crippen LogP contribution in [0.5, 0.6) is 0 Å². The van der Waals surface area contributed by atoms with Gasteiger partial charge in [-0.2, -0.15) is 0 Å². The van der Waals surface area contributed by atoms with Crippen LogP contribution in [0.4, 0.5) is 0 Å². The predicted molar refractivity (Wildman–Crippen MR) is 76.2 cm³/mol. The molecule has 1 aromatic carbocycles. The molecule has 0 atom stereocenters. The van der Waals surface area contributed by atoms with Crippen molar-refractivity contribution in [2.75, 3.05) is 33.4 Å². The first-order valence-electron chi connectivity index (χ1n) is 6.78. The van der Waals surface area contributed by atoms with Crippen molar-refractivity contribution in [1.29, 1.82) is 0 Å². The van der Waals surface area contributed by atoms with E-state index in [1.54, 1.807) is 0 Å². The Morgan fingerprint density at radius 2 is 1.65 bits per heavy atom. The van der Waals surface area contributed by atoms with Gasteiger partial charge in [0.2, 0.25) is 0 Å². The Hall–Kier alpha value is -1.43. The lowest BCUT2D eigenvalue weighted by atomic mass is 10.1. The van der Waals surface area contributed by atoms with E-state index in [-0.39, 0.29) is 19.2 Å². The summed E-state index contributed by atoms with van der Waals surface area (Å²) in [4.78, 5) is 13.1. The number of carbonyl (C=O) groups excluding carboxylic acids is 1. The first-order chi connectivity index (χ1) is 9.69. The highest BCUT2D eigenvalue weighted by Gasteiger charge is 2.05. The Bertz CT molecular complexity index is 385. The van der Waals surface area contributed by atoms with E-state index >= 15 is 0 Å². The molecule has 1 rings (SSSR count). The van der Waals surface area contributed by atoms with Crippen molar-refractivity contribution in [2.45, 2.75) is 19.4 Å². The fraction of sp³-hybridized carbons (Fsp3) is 0.533. The Morgan fingerprint density at radius 1 is 1.10 bits per heavy atom. The zero-order chi connectivity index (χ0) is 14.8. The van der Waals surface area contributed by atoms with Gasteiger partial charge in [-0.15, -0.1) is 0 Å². The molecule has 112 valence electrons. The van der Waals surface area contributed by atoms with Crippen LogP contribution in [0.1, 0.15) is 17.5 Å². The molecule has 0 aliphatic heterocycles. The number of aliphatic hydroxyl groups is 2. The lowest BCUT2D eigenvalue weighted by Gasteiger charge is -2.20. The van der Waals surface area contributed by atoms with Crippen LogP contribution in [0, 0.1) is 0 Å². The van der Waals surface area contributed by atoms with E-state index in [1.807, 2.05) is 29.2 Å². The monoisotopic (exact) mass is 281 g/mol. The van der Waals surface area contributed by atoms with Crippen molar-refractivity contribution < 1.29 is 19.7 Å². The number of aryl methyl sites for hydroxylation is 1. The van der Waals surface area contributed by atoms with Gasteiger partial charge in [-0.05, 0) is 17.5 Å². The van der Waals surface area contributed by atoms with Crippen LogP contribution in [-0.2, 0) is 22.5 Å². The van der Waals surface area contributed by atoms with Gasteiger partial charge in [0.15, 0.2) is 0 Å². The van der Waals surface area contributed by atoms with E-state index in [1.165, 1.54) is 7.11 Å². The van der Waals surface area contributed by atoms with Crippen molar-refractivity contribution in [3.8, 4) is 0 Å². The fourth-order valence-corrected chi connectivity index (χ4v) is 1.97. The molecule has 0 saturated carbocycles. The molecule has 0 aliphatic carbocycles. The van der Waals surface area contributed by atoms with Crippen LogP contribution in [0.3, 0.4) is 0 Å². The molecule has 0 bridgehead atoms. The van der Waals surface area contributed by atoms with E-state index in [9.17, 15) is 4.79 Å². The Morgan fingerprint density at radius 3 is 2.15 bits per heavy atom. The molecule has 0 fully saturated rings. The smallest absolute Gasteiger partial charge is 0.305 e. The SMILES string of the molecule is COC(=O)CCc1ccc(CN(CCO)CCO)cc1. The molecule has 0 radical (unpaired) electrons. The highest BCUT2D eigenvalue weighted by molar-refractivity contribution is 5.69. The number of ether oxygens (including phenoxy) is 1. The summed E-state index contributed by atoms with van der Waals surface area (Å²) in [5.74, 6) is -0.203. The molecular formula is C15H23NO4. The van der Waals surface area contributed by atoms with E-state index in [2.05, 4.69) is 4.74 Å². The minimum absolute atomic E-state index is 0.0806. The minimum Gasteiger partial charge on any atom is -0.469 e. The summed E-state index contributed by atoms with van der Waals surface area (Å²) < 4.78 is 4.61. The number of esters is 1. The number of carbonyl (C=O) groups is 1. The van der Waals surface area contributed by atoms with Crippen LogP contribution < -0.4 is 0 Å². The van der Waals surface area contributed by atoms with Crippen molar-refractivity contribution in [3.05, 3.63) is 35.4 Å². The summed E-state index contributed by atoms with van der Waals surface area (Å²) in [6.07, 6.45) is 1.06. The van der Waals surface area contributed by atoms with Gasteiger partial charge in [-0.1, -0.05) is 24.3 Å². The summed E-state index contributed by atoms with van der Waals surface area (Å²) in [7, 11) is 1.39. The van der Waals surface area contributed by atoms with Crippen molar-refractivity contribution in [1.82, 2.24) is 4.90 Å². The number of hydrogen-bond acceptors (Lipinski definition) is 5. The normalized spacial score (nSPS) is 10.8. The van der Waals surface area contributed by atoms with Crippen molar-refractivity contribution in [2.24, 2.45) is 0 Å². The van der Waals surface area contributed by atoms with Crippen LogP contribution in [0.25, 0.3) is 0 Å². The molecule has 0 spiro atoms. The van der Waals surface area contributed by atoms with Gasteiger partial charge >= 0.3 is 5.97 Å². The van der Waals surface area contributed by atoms with Crippen LogP contribution in [0.2, 0.25) is 0 Å². The molecule has 0 aromatic heterocycles. The topological polar surface area (TPSA) is 70.0 Å². The number of nitrogens with zero attached hydrogens (tertiary/aromatic N) is 1. The van der Waals surface area contributed by atoms with Crippen LogP contribution in [0.15, 0.2) is 24.3 Å². The first-order valence-corrected chi connectivity index (χ1v) is 6.78. The summed E-state index contributed by atoms with van der Waals surface area (Å²) in [6, 6.07) is 8.01. The molecule has 5 heteroatoms. The van der Waals surface area contributed by atoms with Crippen LogP contribution in [-0.4, -0.2) is 54.5 Å². The van der Waals surface area contributed by atoms with E-state index in [0.29, 0.717) is 32.5 Å². The van der Waals surface area contributed by atoms with E-state index in [4.69, 9.17) is 10.2 Å². The Balaban J connectivity index is 2.50. The van der Waals surface area contributed by atoms with Crippen LogP contribution >= 0.6 is 0 Å². The second-order valence-electron chi connectivity index (χ2n) is 4.62. The summed E-state index contributed by atoms with van der Waals surface area (Å²) >= 11 is 0. The van der Waals surface area contributed by atoms with Gasteiger partial charge in [-0.3, -0.25) is 9.69 Å². The largest absolute Gasteiger partial charge is 0.469 e. The first kappa shape index (κ1) is 16.6. The molecular weight excluding hydrogens is 258 g/mol. The third kappa shape index (κ3) is 6.14. The second kappa shape index (κ2) is 9.47. The average molecular weight is 281 g/mol. The highest BCUT2D eigenvalue weighted by Crippen LogP contribution is 2.09. The maximum atomic E-state index is 11.1. The zero-order valence-electron chi connectivity index (χ0n) is 11.9. The predicted octanol–water partition coefficient (Wildman–Crippen LogP) is 0.579. The minimum atomic E-state index is -0.203. The molecule has 5 nitrogen and oxygen atoms in total.